The largest absolute Gasteiger partial charge is 0.370 e. The molecule has 0 aliphatic carbocycles. The summed E-state index contributed by atoms with van der Waals surface area (Å²) in [6.45, 7) is 7.85. The maximum absolute atomic E-state index is 3.65. The molecule has 4 heteroatoms. The number of halogens is 2. The van der Waals surface area contributed by atoms with Gasteiger partial charge in [-0.15, -0.1) is 0 Å². The number of anilines is 1. The van der Waals surface area contributed by atoms with Crippen molar-refractivity contribution in [2.75, 3.05) is 24.5 Å². The Labute approximate surface area is 126 Å². The van der Waals surface area contributed by atoms with Crippen molar-refractivity contribution in [3.63, 3.8) is 0 Å². The quantitative estimate of drug-likeness (QED) is 0.854. The second-order valence-electron chi connectivity index (χ2n) is 5.26. The van der Waals surface area contributed by atoms with Crippen LogP contribution in [0.25, 0.3) is 0 Å². The third kappa shape index (κ3) is 3.72. The van der Waals surface area contributed by atoms with Crippen LogP contribution >= 0.6 is 31.9 Å². The fourth-order valence-corrected chi connectivity index (χ4v) is 3.66. The van der Waals surface area contributed by atoms with Crippen LogP contribution < -0.4 is 10.2 Å². The predicted octanol–water partition coefficient (Wildman–Crippen LogP) is 4.04. The SMILES string of the molecule is CC(C)NCC1CCN(c2ccc(Br)cc2Br)C1. The summed E-state index contributed by atoms with van der Waals surface area (Å²) in [6.07, 6.45) is 1.28. The second-order valence-corrected chi connectivity index (χ2v) is 7.03. The zero-order chi connectivity index (χ0) is 13.1. The smallest absolute Gasteiger partial charge is 0.0511 e. The van der Waals surface area contributed by atoms with Crippen molar-refractivity contribution >= 4 is 37.5 Å². The number of hydrogen-bond donors (Lipinski definition) is 1. The first-order chi connectivity index (χ1) is 8.56. The molecule has 1 heterocycles. The van der Waals surface area contributed by atoms with Gasteiger partial charge in [0.2, 0.25) is 0 Å². The molecule has 1 saturated heterocycles. The van der Waals surface area contributed by atoms with Crippen molar-refractivity contribution in [3.05, 3.63) is 27.1 Å². The van der Waals surface area contributed by atoms with Crippen molar-refractivity contribution in [1.82, 2.24) is 5.32 Å². The first-order valence-electron chi connectivity index (χ1n) is 6.49. The molecule has 0 bridgehead atoms. The number of nitrogens with zero attached hydrogens (tertiary/aromatic N) is 1. The van der Waals surface area contributed by atoms with E-state index in [0.29, 0.717) is 6.04 Å². The van der Waals surface area contributed by atoms with Crippen LogP contribution in [0.15, 0.2) is 27.1 Å². The van der Waals surface area contributed by atoms with Crippen molar-refractivity contribution < 1.29 is 0 Å². The van der Waals surface area contributed by atoms with Crippen LogP contribution in [-0.2, 0) is 0 Å². The van der Waals surface area contributed by atoms with Gasteiger partial charge in [-0.25, -0.2) is 0 Å². The summed E-state index contributed by atoms with van der Waals surface area (Å²) >= 11 is 7.15. The van der Waals surface area contributed by atoms with Gasteiger partial charge in [-0.1, -0.05) is 29.8 Å². The minimum atomic E-state index is 0.582. The molecule has 0 aromatic heterocycles. The molecule has 1 aromatic carbocycles. The summed E-state index contributed by atoms with van der Waals surface area (Å²) < 4.78 is 2.30. The van der Waals surface area contributed by atoms with Gasteiger partial charge in [0.25, 0.3) is 0 Å². The number of benzene rings is 1. The summed E-state index contributed by atoms with van der Waals surface area (Å²) in [5, 5.41) is 3.54. The Hall–Kier alpha value is -0.0600. The van der Waals surface area contributed by atoms with E-state index in [0.717, 1.165) is 30.0 Å². The standard InChI is InChI=1S/C14H20Br2N2/c1-10(2)17-8-11-5-6-18(9-11)14-4-3-12(15)7-13(14)16/h3-4,7,10-11,17H,5-6,8-9H2,1-2H3. The van der Waals surface area contributed by atoms with Crippen molar-refractivity contribution in [2.24, 2.45) is 5.92 Å². The molecule has 1 atom stereocenters. The third-order valence-corrected chi connectivity index (χ3v) is 4.48. The third-order valence-electron chi connectivity index (χ3n) is 3.35. The highest BCUT2D eigenvalue weighted by Gasteiger charge is 2.23. The maximum atomic E-state index is 3.65. The van der Waals surface area contributed by atoms with Gasteiger partial charge in [-0.2, -0.15) is 0 Å². The topological polar surface area (TPSA) is 15.3 Å². The van der Waals surface area contributed by atoms with Crippen LogP contribution in [-0.4, -0.2) is 25.7 Å². The number of nitrogens with one attached hydrogen (secondary N) is 1. The lowest BCUT2D eigenvalue weighted by molar-refractivity contribution is 0.480. The van der Waals surface area contributed by atoms with Gasteiger partial charge in [0, 0.05) is 28.1 Å². The fourth-order valence-electron chi connectivity index (χ4n) is 2.36. The Morgan fingerprint density at radius 2 is 2.17 bits per heavy atom. The van der Waals surface area contributed by atoms with Gasteiger partial charge in [-0.3, -0.25) is 0 Å². The molecule has 2 rings (SSSR count). The first-order valence-corrected chi connectivity index (χ1v) is 8.08. The van der Waals surface area contributed by atoms with Crippen molar-refractivity contribution in [3.8, 4) is 0 Å². The molecule has 18 heavy (non-hydrogen) atoms. The molecule has 1 unspecified atom stereocenters. The second kappa shape index (κ2) is 6.40. The Kier molecular flexibility index (Phi) is 5.10. The maximum Gasteiger partial charge on any atom is 0.0511 e. The van der Waals surface area contributed by atoms with Crippen molar-refractivity contribution in [2.45, 2.75) is 26.3 Å². The summed E-state index contributed by atoms with van der Waals surface area (Å²) in [5.74, 6) is 0.767. The molecule has 0 amide bonds. The lowest BCUT2D eigenvalue weighted by atomic mass is 10.1. The normalized spacial score (nSPS) is 19.8. The van der Waals surface area contributed by atoms with Gasteiger partial charge in [0.05, 0.1) is 5.69 Å². The first kappa shape index (κ1) is 14.4. The van der Waals surface area contributed by atoms with Crippen LogP contribution in [0.3, 0.4) is 0 Å². The molecule has 0 spiro atoms. The Morgan fingerprint density at radius 1 is 1.39 bits per heavy atom. The summed E-state index contributed by atoms with van der Waals surface area (Å²) in [7, 11) is 0. The van der Waals surface area contributed by atoms with Crippen LogP contribution in [0.2, 0.25) is 0 Å². The highest BCUT2D eigenvalue weighted by atomic mass is 79.9. The molecule has 1 aromatic rings. The monoisotopic (exact) mass is 374 g/mol. The average molecular weight is 376 g/mol. The van der Waals surface area contributed by atoms with Gasteiger partial charge in [0.1, 0.15) is 0 Å². The van der Waals surface area contributed by atoms with E-state index in [-0.39, 0.29) is 0 Å². The van der Waals surface area contributed by atoms with E-state index in [4.69, 9.17) is 0 Å². The average Bonchev–Trinajstić information content (AvgIpc) is 2.75. The molecule has 0 radical (unpaired) electrons. The van der Waals surface area contributed by atoms with E-state index in [9.17, 15) is 0 Å². The predicted molar refractivity (Wildman–Crippen MR) is 85.3 cm³/mol. The van der Waals surface area contributed by atoms with Crippen LogP contribution in [0.1, 0.15) is 20.3 Å². The van der Waals surface area contributed by atoms with E-state index >= 15 is 0 Å². The fraction of sp³-hybridized carbons (Fsp3) is 0.571. The van der Waals surface area contributed by atoms with E-state index in [1.54, 1.807) is 0 Å². The Morgan fingerprint density at radius 3 is 2.83 bits per heavy atom. The molecule has 1 N–H and O–H groups in total. The van der Waals surface area contributed by atoms with Crippen LogP contribution in [0, 0.1) is 5.92 Å². The van der Waals surface area contributed by atoms with Gasteiger partial charge in [-0.05, 0) is 53.0 Å². The molecule has 1 aliphatic heterocycles. The molecule has 1 fully saturated rings. The van der Waals surface area contributed by atoms with E-state index in [1.807, 2.05) is 0 Å². The Balaban J connectivity index is 1.95. The van der Waals surface area contributed by atoms with Crippen LogP contribution in [0.4, 0.5) is 5.69 Å². The lowest BCUT2D eigenvalue weighted by Gasteiger charge is -2.21. The molecule has 0 saturated carbocycles. The van der Waals surface area contributed by atoms with E-state index < -0.39 is 0 Å². The van der Waals surface area contributed by atoms with E-state index in [2.05, 4.69) is 74.1 Å². The molecular weight excluding hydrogens is 356 g/mol. The van der Waals surface area contributed by atoms with Gasteiger partial charge >= 0.3 is 0 Å². The molecule has 2 nitrogen and oxygen atoms in total. The van der Waals surface area contributed by atoms with Gasteiger partial charge < -0.3 is 10.2 Å². The van der Waals surface area contributed by atoms with Crippen LogP contribution in [0.5, 0.6) is 0 Å². The molecule has 1 aliphatic rings. The minimum Gasteiger partial charge on any atom is -0.370 e. The molecule has 100 valence electrons. The highest BCUT2D eigenvalue weighted by molar-refractivity contribution is 9.11. The summed E-state index contributed by atoms with van der Waals surface area (Å²) in [6, 6.07) is 7.00. The zero-order valence-corrected chi connectivity index (χ0v) is 14.1. The minimum absolute atomic E-state index is 0.582. The number of rotatable bonds is 4. The van der Waals surface area contributed by atoms with Crippen molar-refractivity contribution in [1.29, 1.82) is 0 Å². The molecular formula is C14H20Br2N2. The highest BCUT2D eigenvalue weighted by Crippen LogP contribution is 2.32. The summed E-state index contributed by atoms with van der Waals surface area (Å²) in [5.41, 5.74) is 1.31. The zero-order valence-electron chi connectivity index (χ0n) is 10.9. The van der Waals surface area contributed by atoms with Gasteiger partial charge in [0.15, 0.2) is 0 Å². The van der Waals surface area contributed by atoms with E-state index in [1.165, 1.54) is 16.6 Å². The Bertz CT molecular complexity index is 407. The number of hydrogen-bond acceptors (Lipinski definition) is 2. The summed E-state index contributed by atoms with van der Waals surface area (Å²) in [4.78, 5) is 2.48. The lowest BCUT2D eigenvalue weighted by Crippen LogP contribution is -2.30.